The Balaban J connectivity index is 3.24. The SMILES string of the molecule is Fc1cc(Cl)c(F)c(CBr)c1. The van der Waals surface area contributed by atoms with Crippen molar-refractivity contribution in [3.05, 3.63) is 34.4 Å². The van der Waals surface area contributed by atoms with E-state index in [1.165, 1.54) is 0 Å². The first kappa shape index (κ1) is 8.94. The van der Waals surface area contributed by atoms with Crippen LogP contribution in [0.4, 0.5) is 8.78 Å². The number of benzene rings is 1. The lowest BCUT2D eigenvalue weighted by Gasteiger charge is -1.99. The molecule has 0 radical (unpaired) electrons. The van der Waals surface area contributed by atoms with Gasteiger partial charge in [-0.15, -0.1) is 0 Å². The van der Waals surface area contributed by atoms with Crippen LogP contribution in [0, 0.1) is 11.6 Å². The van der Waals surface area contributed by atoms with Gasteiger partial charge in [0.1, 0.15) is 11.6 Å². The van der Waals surface area contributed by atoms with Crippen LogP contribution in [0.25, 0.3) is 0 Å². The molecule has 1 rings (SSSR count). The fraction of sp³-hybridized carbons (Fsp3) is 0.143. The highest BCUT2D eigenvalue weighted by Gasteiger charge is 2.07. The predicted molar refractivity (Wildman–Crippen MR) is 44.0 cm³/mol. The maximum atomic E-state index is 12.9. The highest BCUT2D eigenvalue weighted by molar-refractivity contribution is 9.08. The van der Waals surface area contributed by atoms with Gasteiger partial charge < -0.3 is 0 Å². The monoisotopic (exact) mass is 240 g/mol. The normalized spacial score (nSPS) is 10.2. The van der Waals surface area contributed by atoms with E-state index in [0.29, 0.717) is 0 Å². The van der Waals surface area contributed by atoms with Gasteiger partial charge in [-0.1, -0.05) is 27.5 Å². The Kier molecular flexibility index (Phi) is 2.84. The van der Waals surface area contributed by atoms with Crippen molar-refractivity contribution in [2.45, 2.75) is 5.33 Å². The summed E-state index contributed by atoms with van der Waals surface area (Å²) in [4.78, 5) is 0. The van der Waals surface area contributed by atoms with Crippen molar-refractivity contribution in [2.75, 3.05) is 0 Å². The van der Waals surface area contributed by atoms with Crippen molar-refractivity contribution in [1.82, 2.24) is 0 Å². The Morgan fingerprint density at radius 3 is 2.55 bits per heavy atom. The highest BCUT2D eigenvalue weighted by Crippen LogP contribution is 2.21. The van der Waals surface area contributed by atoms with Crippen molar-refractivity contribution in [1.29, 1.82) is 0 Å². The molecule has 0 nitrogen and oxygen atoms in total. The molecule has 0 aliphatic rings. The zero-order chi connectivity index (χ0) is 8.43. The molecule has 11 heavy (non-hydrogen) atoms. The van der Waals surface area contributed by atoms with Crippen molar-refractivity contribution < 1.29 is 8.78 Å². The summed E-state index contributed by atoms with van der Waals surface area (Å²) in [6, 6.07) is 2.05. The Morgan fingerprint density at radius 2 is 2.00 bits per heavy atom. The average molecular weight is 241 g/mol. The van der Waals surface area contributed by atoms with Crippen molar-refractivity contribution in [3.63, 3.8) is 0 Å². The molecule has 0 aliphatic carbocycles. The van der Waals surface area contributed by atoms with E-state index < -0.39 is 11.6 Å². The Hall–Kier alpha value is -0.150. The third-order valence-corrected chi connectivity index (χ3v) is 2.09. The predicted octanol–water partition coefficient (Wildman–Crippen LogP) is 3.51. The molecular formula is C7H4BrClF2. The van der Waals surface area contributed by atoms with Crippen LogP contribution in [0.1, 0.15) is 5.56 Å². The first-order valence-corrected chi connectivity index (χ1v) is 4.34. The molecule has 1 aromatic carbocycles. The Bertz CT molecular complexity index is 275. The van der Waals surface area contributed by atoms with E-state index in [1.807, 2.05) is 0 Å². The third-order valence-electron chi connectivity index (χ3n) is 1.21. The van der Waals surface area contributed by atoms with E-state index >= 15 is 0 Å². The fourth-order valence-corrected chi connectivity index (χ4v) is 1.34. The van der Waals surface area contributed by atoms with Gasteiger partial charge in [-0.2, -0.15) is 0 Å². The summed E-state index contributed by atoms with van der Waals surface area (Å²) in [6.07, 6.45) is 0. The second kappa shape index (κ2) is 3.50. The van der Waals surface area contributed by atoms with Crippen molar-refractivity contribution in [2.24, 2.45) is 0 Å². The minimum atomic E-state index is -0.565. The molecule has 0 saturated heterocycles. The van der Waals surface area contributed by atoms with Gasteiger partial charge in [0, 0.05) is 10.9 Å². The van der Waals surface area contributed by atoms with Crippen LogP contribution in [0.15, 0.2) is 12.1 Å². The second-order valence-corrected chi connectivity index (χ2v) is 2.96. The third kappa shape index (κ3) is 1.91. The molecular weight excluding hydrogens is 237 g/mol. The fourth-order valence-electron chi connectivity index (χ4n) is 0.707. The molecule has 1 aromatic rings. The lowest BCUT2D eigenvalue weighted by atomic mass is 10.2. The number of hydrogen-bond donors (Lipinski definition) is 0. The molecule has 0 unspecified atom stereocenters. The first-order chi connectivity index (χ1) is 5.15. The van der Waals surface area contributed by atoms with Gasteiger partial charge in [0.2, 0.25) is 0 Å². The largest absolute Gasteiger partial charge is 0.207 e. The van der Waals surface area contributed by atoms with Gasteiger partial charge in [0.05, 0.1) is 5.02 Å². The molecule has 0 aromatic heterocycles. The molecule has 60 valence electrons. The van der Waals surface area contributed by atoms with E-state index in [1.54, 1.807) is 0 Å². The van der Waals surface area contributed by atoms with Crippen LogP contribution in [-0.4, -0.2) is 0 Å². The highest BCUT2D eigenvalue weighted by atomic mass is 79.9. The molecule has 0 N–H and O–H groups in total. The zero-order valence-electron chi connectivity index (χ0n) is 5.37. The summed E-state index contributed by atoms with van der Waals surface area (Å²) in [7, 11) is 0. The standard InChI is InChI=1S/C7H4BrClF2/c8-3-4-1-5(10)2-6(9)7(4)11/h1-2H,3H2. The maximum Gasteiger partial charge on any atom is 0.146 e. The topological polar surface area (TPSA) is 0 Å². The molecule has 0 heterocycles. The molecule has 0 fully saturated rings. The van der Waals surface area contributed by atoms with E-state index in [4.69, 9.17) is 11.6 Å². The van der Waals surface area contributed by atoms with Gasteiger partial charge in [-0.3, -0.25) is 0 Å². The molecule has 0 spiro atoms. The van der Waals surface area contributed by atoms with E-state index in [0.717, 1.165) is 12.1 Å². The van der Waals surface area contributed by atoms with Gasteiger partial charge in [0.15, 0.2) is 0 Å². The minimum Gasteiger partial charge on any atom is -0.207 e. The quantitative estimate of drug-likeness (QED) is 0.521. The van der Waals surface area contributed by atoms with Gasteiger partial charge >= 0.3 is 0 Å². The molecule has 0 bridgehead atoms. The molecule has 0 atom stereocenters. The maximum absolute atomic E-state index is 12.9. The lowest BCUT2D eigenvalue weighted by Crippen LogP contribution is -1.89. The summed E-state index contributed by atoms with van der Waals surface area (Å²) in [5.74, 6) is -1.09. The molecule has 0 saturated carbocycles. The smallest absolute Gasteiger partial charge is 0.146 e. The summed E-state index contributed by atoms with van der Waals surface area (Å²) in [6.45, 7) is 0. The average Bonchev–Trinajstić information content (AvgIpc) is 1.96. The molecule has 0 aliphatic heterocycles. The van der Waals surface area contributed by atoms with Crippen LogP contribution in [0.2, 0.25) is 5.02 Å². The van der Waals surface area contributed by atoms with Gasteiger partial charge in [-0.25, -0.2) is 8.78 Å². The van der Waals surface area contributed by atoms with Gasteiger partial charge in [0.25, 0.3) is 0 Å². The molecule has 4 heteroatoms. The number of hydrogen-bond acceptors (Lipinski definition) is 0. The zero-order valence-corrected chi connectivity index (χ0v) is 7.72. The van der Waals surface area contributed by atoms with E-state index in [9.17, 15) is 8.78 Å². The minimum absolute atomic E-state index is 0.181. The van der Waals surface area contributed by atoms with Crippen LogP contribution >= 0.6 is 27.5 Å². The number of halogens is 4. The summed E-state index contributed by atoms with van der Waals surface area (Å²) in [5, 5.41) is 0.0792. The van der Waals surface area contributed by atoms with E-state index in [-0.39, 0.29) is 15.9 Å². The van der Waals surface area contributed by atoms with Gasteiger partial charge in [-0.05, 0) is 12.1 Å². The summed E-state index contributed by atoms with van der Waals surface area (Å²) >= 11 is 8.37. The molecule has 0 amide bonds. The van der Waals surface area contributed by atoms with Crippen LogP contribution in [-0.2, 0) is 5.33 Å². The van der Waals surface area contributed by atoms with Crippen molar-refractivity contribution >= 4 is 27.5 Å². The van der Waals surface area contributed by atoms with E-state index in [2.05, 4.69) is 15.9 Å². The van der Waals surface area contributed by atoms with Crippen LogP contribution in [0.5, 0.6) is 0 Å². The van der Waals surface area contributed by atoms with Crippen LogP contribution in [0.3, 0.4) is 0 Å². The summed E-state index contributed by atoms with van der Waals surface area (Å²) < 4.78 is 25.4. The second-order valence-electron chi connectivity index (χ2n) is 1.99. The lowest BCUT2D eigenvalue weighted by molar-refractivity contribution is 0.592. The first-order valence-electron chi connectivity index (χ1n) is 2.84. The number of alkyl halides is 1. The summed E-state index contributed by atoms with van der Waals surface area (Å²) in [5.41, 5.74) is 0.231. The Labute approximate surface area is 76.3 Å². The Morgan fingerprint density at radius 1 is 1.36 bits per heavy atom. The van der Waals surface area contributed by atoms with Crippen LogP contribution < -0.4 is 0 Å². The number of rotatable bonds is 1. The van der Waals surface area contributed by atoms with Crippen molar-refractivity contribution in [3.8, 4) is 0 Å².